The van der Waals surface area contributed by atoms with Crippen LogP contribution < -0.4 is 15.4 Å². The van der Waals surface area contributed by atoms with Crippen molar-refractivity contribution in [3.63, 3.8) is 0 Å². The standard InChI is InChI=1S/C22H34N6O2/c1-22(2,3)19-16(7-6-12-30-19)13-24-21(23-4)25-14-18-26-20(28-27-18)15-8-10-17(29-5)11-9-15/h8-11,16,19H,6-7,12-14H2,1-5H3,(H2,23,24,25)(H,26,27,28). The van der Waals surface area contributed by atoms with Crippen LogP contribution in [0.25, 0.3) is 11.4 Å². The highest BCUT2D eigenvalue weighted by Crippen LogP contribution is 2.33. The summed E-state index contributed by atoms with van der Waals surface area (Å²) in [6.45, 7) is 8.92. The number of H-pyrrole nitrogens is 1. The molecular weight excluding hydrogens is 380 g/mol. The second kappa shape index (κ2) is 9.93. The molecule has 2 heterocycles. The van der Waals surface area contributed by atoms with Gasteiger partial charge in [-0.2, -0.15) is 5.10 Å². The van der Waals surface area contributed by atoms with Gasteiger partial charge in [-0.25, -0.2) is 4.98 Å². The summed E-state index contributed by atoms with van der Waals surface area (Å²) in [5.74, 6) is 3.42. The monoisotopic (exact) mass is 414 g/mol. The predicted molar refractivity (Wildman–Crippen MR) is 118 cm³/mol. The Balaban J connectivity index is 1.52. The lowest BCUT2D eigenvalue weighted by molar-refractivity contribution is -0.0835. The molecule has 0 bridgehead atoms. The molecule has 0 amide bonds. The summed E-state index contributed by atoms with van der Waals surface area (Å²) in [6, 6.07) is 7.68. The van der Waals surface area contributed by atoms with E-state index in [-0.39, 0.29) is 11.5 Å². The molecule has 2 atom stereocenters. The lowest BCUT2D eigenvalue weighted by Gasteiger charge is -2.40. The molecule has 0 saturated carbocycles. The van der Waals surface area contributed by atoms with Crippen molar-refractivity contribution in [1.29, 1.82) is 0 Å². The minimum atomic E-state index is 0.126. The molecule has 1 aliphatic heterocycles. The van der Waals surface area contributed by atoms with Crippen molar-refractivity contribution in [2.24, 2.45) is 16.3 Å². The molecule has 2 unspecified atom stereocenters. The molecule has 3 rings (SSSR count). The summed E-state index contributed by atoms with van der Waals surface area (Å²) < 4.78 is 11.3. The van der Waals surface area contributed by atoms with Crippen molar-refractivity contribution >= 4 is 5.96 Å². The summed E-state index contributed by atoms with van der Waals surface area (Å²) >= 11 is 0. The summed E-state index contributed by atoms with van der Waals surface area (Å²) in [6.07, 6.45) is 2.52. The zero-order chi connectivity index (χ0) is 21.6. The van der Waals surface area contributed by atoms with E-state index in [4.69, 9.17) is 9.47 Å². The first kappa shape index (κ1) is 22.1. The van der Waals surface area contributed by atoms with E-state index in [2.05, 4.69) is 51.6 Å². The Morgan fingerprint density at radius 1 is 1.27 bits per heavy atom. The molecule has 164 valence electrons. The first-order chi connectivity index (χ1) is 14.4. The zero-order valence-corrected chi connectivity index (χ0v) is 18.7. The van der Waals surface area contributed by atoms with Crippen molar-refractivity contribution in [2.45, 2.75) is 46.3 Å². The average molecular weight is 415 g/mol. The highest BCUT2D eigenvalue weighted by atomic mass is 16.5. The van der Waals surface area contributed by atoms with Gasteiger partial charge in [0.05, 0.1) is 19.8 Å². The fourth-order valence-electron chi connectivity index (χ4n) is 3.87. The minimum absolute atomic E-state index is 0.126. The van der Waals surface area contributed by atoms with Crippen LogP contribution in [0.15, 0.2) is 29.3 Å². The number of aromatic amines is 1. The number of rotatable bonds is 6. The number of aliphatic imine (C=N–C) groups is 1. The molecule has 1 aromatic carbocycles. The highest BCUT2D eigenvalue weighted by Gasteiger charge is 2.35. The zero-order valence-electron chi connectivity index (χ0n) is 18.7. The Kier molecular flexibility index (Phi) is 7.31. The average Bonchev–Trinajstić information content (AvgIpc) is 3.22. The lowest BCUT2D eigenvalue weighted by Crippen LogP contribution is -2.47. The Bertz CT molecular complexity index is 825. The third kappa shape index (κ3) is 5.72. The summed E-state index contributed by atoms with van der Waals surface area (Å²) in [7, 11) is 3.42. The van der Waals surface area contributed by atoms with Gasteiger partial charge in [0, 0.05) is 31.7 Å². The van der Waals surface area contributed by atoms with E-state index >= 15 is 0 Å². The van der Waals surface area contributed by atoms with Gasteiger partial charge in [0.25, 0.3) is 0 Å². The Morgan fingerprint density at radius 2 is 2.03 bits per heavy atom. The fourth-order valence-corrected chi connectivity index (χ4v) is 3.87. The van der Waals surface area contributed by atoms with Crippen LogP contribution in [-0.2, 0) is 11.3 Å². The molecule has 0 radical (unpaired) electrons. The number of hydrogen-bond donors (Lipinski definition) is 3. The molecule has 30 heavy (non-hydrogen) atoms. The van der Waals surface area contributed by atoms with Gasteiger partial charge in [0.2, 0.25) is 0 Å². The van der Waals surface area contributed by atoms with E-state index in [1.165, 1.54) is 6.42 Å². The molecule has 8 nitrogen and oxygen atoms in total. The summed E-state index contributed by atoms with van der Waals surface area (Å²) in [5, 5.41) is 14.0. The molecule has 1 fully saturated rings. The lowest BCUT2D eigenvalue weighted by atomic mass is 9.78. The first-order valence-corrected chi connectivity index (χ1v) is 10.5. The molecular formula is C22H34N6O2. The maximum atomic E-state index is 6.08. The molecule has 2 aromatic rings. The topological polar surface area (TPSA) is 96.5 Å². The smallest absolute Gasteiger partial charge is 0.191 e. The number of ether oxygens (including phenoxy) is 2. The van der Waals surface area contributed by atoms with Crippen LogP contribution in [0.5, 0.6) is 5.75 Å². The van der Waals surface area contributed by atoms with Crippen LogP contribution in [-0.4, -0.2) is 54.6 Å². The maximum Gasteiger partial charge on any atom is 0.191 e. The van der Waals surface area contributed by atoms with Crippen molar-refractivity contribution in [3.8, 4) is 17.1 Å². The van der Waals surface area contributed by atoms with E-state index in [9.17, 15) is 0 Å². The maximum absolute atomic E-state index is 6.08. The number of benzene rings is 1. The number of guanidine groups is 1. The van der Waals surface area contributed by atoms with Crippen LogP contribution >= 0.6 is 0 Å². The van der Waals surface area contributed by atoms with Gasteiger partial charge < -0.3 is 20.1 Å². The third-order valence-corrected chi connectivity index (χ3v) is 5.36. The highest BCUT2D eigenvalue weighted by molar-refractivity contribution is 5.79. The van der Waals surface area contributed by atoms with Crippen LogP contribution in [0.4, 0.5) is 0 Å². The van der Waals surface area contributed by atoms with Crippen LogP contribution in [0.3, 0.4) is 0 Å². The van der Waals surface area contributed by atoms with Gasteiger partial charge >= 0.3 is 0 Å². The van der Waals surface area contributed by atoms with Crippen molar-refractivity contribution in [1.82, 2.24) is 25.8 Å². The van der Waals surface area contributed by atoms with Gasteiger partial charge in [-0.1, -0.05) is 20.8 Å². The third-order valence-electron chi connectivity index (χ3n) is 5.36. The number of nitrogens with one attached hydrogen (secondary N) is 3. The normalized spacial score (nSPS) is 20.1. The van der Waals surface area contributed by atoms with Crippen molar-refractivity contribution < 1.29 is 9.47 Å². The summed E-state index contributed by atoms with van der Waals surface area (Å²) in [5.41, 5.74) is 1.06. The molecule has 3 N–H and O–H groups in total. The number of aromatic nitrogens is 3. The largest absolute Gasteiger partial charge is 0.497 e. The van der Waals surface area contributed by atoms with E-state index in [0.29, 0.717) is 18.3 Å². The predicted octanol–water partition coefficient (Wildman–Crippen LogP) is 2.99. The Labute approximate surface area is 178 Å². The molecule has 0 aliphatic carbocycles. The number of methoxy groups -OCH3 is 1. The molecule has 1 aliphatic rings. The van der Waals surface area contributed by atoms with Crippen LogP contribution in [0, 0.1) is 11.3 Å². The van der Waals surface area contributed by atoms with Gasteiger partial charge in [-0.15, -0.1) is 0 Å². The van der Waals surface area contributed by atoms with Crippen LogP contribution in [0.1, 0.15) is 39.4 Å². The van der Waals surface area contributed by atoms with E-state index in [0.717, 1.165) is 42.7 Å². The number of nitrogens with zero attached hydrogens (tertiary/aromatic N) is 3. The minimum Gasteiger partial charge on any atom is -0.497 e. The van der Waals surface area contributed by atoms with Crippen molar-refractivity contribution in [2.75, 3.05) is 27.3 Å². The Hall–Kier alpha value is -2.61. The second-order valence-electron chi connectivity index (χ2n) is 8.70. The van der Waals surface area contributed by atoms with Gasteiger partial charge in [-0.05, 0) is 42.5 Å². The molecule has 8 heteroatoms. The van der Waals surface area contributed by atoms with Crippen molar-refractivity contribution in [3.05, 3.63) is 30.1 Å². The molecule has 1 saturated heterocycles. The van der Waals surface area contributed by atoms with Gasteiger partial charge in [0.1, 0.15) is 11.6 Å². The molecule has 0 spiro atoms. The number of hydrogen-bond acceptors (Lipinski definition) is 5. The quantitative estimate of drug-likeness (QED) is 0.497. The van der Waals surface area contributed by atoms with Gasteiger partial charge in [0.15, 0.2) is 11.8 Å². The van der Waals surface area contributed by atoms with Gasteiger partial charge in [-0.3, -0.25) is 10.1 Å². The van der Waals surface area contributed by atoms with E-state index in [1.807, 2.05) is 24.3 Å². The van der Waals surface area contributed by atoms with Crippen LogP contribution in [0.2, 0.25) is 0 Å². The second-order valence-corrected chi connectivity index (χ2v) is 8.70. The Morgan fingerprint density at radius 3 is 2.70 bits per heavy atom. The summed E-state index contributed by atoms with van der Waals surface area (Å²) in [4.78, 5) is 8.90. The molecule has 1 aromatic heterocycles. The SMILES string of the molecule is CN=C(NCc1nc(-c2ccc(OC)cc2)n[nH]1)NCC1CCCOC1C(C)(C)C. The fraction of sp³-hybridized carbons (Fsp3) is 0.591. The first-order valence-electron chi connectivity index (χ1n) is 10.5. The van der Waals surface area contributed by atoms with E-state index < -0.39 is 0 Å². The van der Waals surface area contributed by atoms with E-state index in [1.54, 1.807) is 14.2 Å².